The quantitative estimate of drug-likeness (QED) is 0.688. The molecule has 12 heavy (non-hydrogen) atoms. The van der Waals surface area contributed by atoms with Crippen molar-refractivity contribution in [1.29, 1.82) is 0 Å². The molecule has 0 atom stereocenters. The van der Waals surface area contributed by atoms with Crippen LogP contribution in [0.4, 0.5) is 5.69 Å². The Kier molecular flexibility index (Phi) is 1.67. The summed E-state index contributed by atoms with van der Waals surface area (Å²) in [5.74, 6) is 0. The number of benzene rings is 1. The van der Waals surface area contributed by atoms with E-state index in [1.165, 1.54) is 10.8 Å². The van der Waals surface area contributed by atoms with Crippen molar-refractivity contribution in [3.8, 4) is 0 Å². The van der Waals surface area contributed by atoms with Crippen molar-refractivity contribution in [2.45, 2.75) is 0 Å². The highest BCUT2D eigenvalue weighted by Crippen LogP contribution is 2.20. The van der Waals surface area contributed by atoms with Crippen LogP contribution in [0.1, 0.15) is 0 Å². The summed E-state index contributed by atoms with van der Waals surface area (Å²) in [6.07, 6.45) is 3.68. The lowest BCUT2D eigenvalue weighted by Gasteiger charge is -2.03. The Morgan fingerprint density at radius 3 is 3.00 bits per heavy atom. The molecule has 1 aromatic carbocycles. The molecule has 0 aliphatic heterocycles. The number of nitrogens with zero attached hydrogens (tertiary/aromatic N) is 1. The Morgan fingerprint density at radius 1 is 1.25 bits per heavy atom. The number of aromatic nitrogens is 1. The molecule has 1 N–H and O–H groups in total. The van der Waals surface area contributed by atoms with E-state index in [0.717, 1.165) is 5.69 Å². The first-order chi connectivity index (χ1) is 5.92. The van der Waals surface area contributed by atoms with Crippen molar-refractivity contribution >= 4 is 16.5 Å². The van der Waals surface area contributed by atoms with Gasteiger partial charge in [-0.05, 0) is 17.5 Å². The Bertz CT molecular complexity index is 390. The van der Waals surface area contributed by atoms with Gasteiger partial charge >= 0.3 is 0 Å². The molecule has 0 radical (unpaired) electrons. The van der Waals surface area contributed by atoms with E-state index in [4.69, 9.17) is 0 Å². The molecule has 2 heteroatoms. The minimum Gasteiger partial charge on any atom is -0.388 e. The van der Waals surface area contributed by atoms with Crippen molar-refractivity contribution in [3.05, 3.63) is 36.7 Å². The monoisotopic (exact) mass is 158 g/mol. The van der Waals surface area contributed by atoms with Gasteiger partial charge in [-0.1, -0.05) is 12.1 Å². The van der Waals surface area contributed by atoms with Gasteiger partial charge in [0, 0.05) is 30.5 Å². The molecule has 0 bridgehead atoms. The molecule has 0 saturated carbocycles. The predicted octanol–water partition coefficient (Wildman–Crippen LogP) is 2.28. The fourth-order valence-corrected chi connectivity index (χ4v) is 1.33. The van der Waals surface area contributed by atoms with Crippen LogP contribution in [0.5, 0.6) is 0 Å². The lowest BCUT2D eigenvalue weighted by molar-refractivity contribution is 1.36. The van der Waals surface area contributed by atoms with Gasteiger partial charge in [-0.3, -0.25) is 4.98 Å². The van der Waals surface area contributed by atoms with E-state index in [9.17, 15) is 0 Å². The normalized spacial score (nSPS) is 10.1. The minimum atomic E-state index is 1.13. The number of fused-ring (bicyclic) bond motifs is 1. The molecule has 0 aliphatic rings. The third-order valence-corrected chi connectivity index (χ3v) is 1.95. The van der Waals surface area contributed by atoms with Crippen LogP contribution in [-0.4, -0.2) is 12.0 Å². The van der Waals surface area contributed by atoms with Crippen molar-refractivity contribution in [1.82, 2.24) is 4.98 Å². The standard InChI is InChI=1S/C10H10N2/c1-11-10-4-2-3-8-5-6-12-7-9(8)10/h2-7,11H,1H3. The zero-order valence-electron chi connectivity index (χ0n) is 6.91. The number of hydrogen-bond donors (Lipinski definition) is 1. The number of pyridine rings is 1. The van der Waals surface area contributed by atoms with E-state index in [0.29, 0.717) is 0 Å². The highest BCUT2D eigenvalue weighted by molar-refractivity contribution is 5.92. The number of rotatable bonds is 1. The molecule has 2 nitrogen and oxygen atoms in total. The van der Waals surface area contributed by atoms with Crippen LogP contribution >= 0.6 is 0 Å². The number of anilines is 1. The molecule has 0 unspecified atom stereocenters. The van der Waals surface area contributed by atoms with Gasteiger partial charge in [0.2, 0.25) is 0 Å². The lowest BCUT2D eigenvalue weighted by Crippen LogP contribution is -1.88. The van der Waals surface area contributed by atoms with Gasteiger partial charge in [0.1, 0.15) is 0 Å². The highest BCUT2D eigenvalue weighted by Gasteiger charge is 1.96. The Hall–Kier alpha value is -1.57. The van der Waals surface area contributed by atoms with Crippen LogP contribution in [0, 0.1) is 0 Å². The maximum atomic E-state index is 4.08. The van der Waals surface area contributed by atoms with E-state index < -0.39 is 0 Å². The third kappa shape index (κ3) is 1.01. The summed E-state index contributed by atoms with van der Waals surface area (Å²) in [5.41, 5.74) is 1.13. The fourth-order valence-electron chi connectivity index (χ4n) is 1.33. The summed E-state index contributed by atoms with van der Waals surface area (Å²) in [6.45, 7) is 0. The van der Waals surface area contributed by atoms with Crippen molar-refractivity contribution in [3.63, 3.8) is 0 Å². The van der Waals surface area contributed by atoms with Crippen LogP contribution in [0.15, 0.2) is 36.7 Å². The van der Waals surface area contributed by atoms with Crippen LogP contribution in [0.3, 0.4) is 0 Å². The Balaban J connectivity index is 2.79. The van der Waals surface area contributed by atoms with E-state index in [1.807, 2.05) is 37.6 Å². The summed E-state index contributed by atoms with van der Waals surface area (Å²) >= 11 is 0. The number of nitrogens with one attached hydrogen (secondary N) is 1. The second-order valence-corrected chi connectivity index (χ2v) is 2.65. The molecule has 60 valence electrons. The van der Waals surface area contributed by atoms with Crippen LogP contribution < -0.4 is 5.32 Å². The van der Waals surface area contributed by atoms with Crippen molar-refractivity contribution in [2.75, 3.05) is 12.4 Å². The van der Waals surface area contributed by atoms with E-state index >= 15 is 0 Å². The third-order valence-electron chi connectivity index (χ3n) is 1.95. The summed E-state index contributed by atoms with van der Waals surface area (Å²) in [7, 11) is 1.92. The Morgan fingerprint density at radius 2 is 2.17 bits per heavy atom. The van der Waals surface area contributed by atoms with Gasteiger partial charge in [0.05, 0.1) is 0 Å². The maximum Gasteiger partial charge on any atom is 0.0432 e. The first kappa shape index (κ1) is 7.10. The van der Waals surface area contributed by atoms with Gasteiger partial charge in [0.25, 0.3) is 0 Å². The average Bonchev–Trinajstić information content (AvgIpc) is 2.17. The summed E-state index contributed by atoms with van der Waals surface area (Å²) in [5, 5.41) is 5.52. The molecule has 1 aromatic heterocycles. The van der Waals surface area contributed by atoms with E-state index in [-0.39, 0.29) is 0 Å². The van der Waals surface area contributed by atoms with Gasteiger partial charge < -0.3 is 5.32 Å². The Labute approximate surface area is 71.2 Å². The zero-order chi connectivity index (χ0) is 8.39. The average molecular weight is 158 g/mol. The highest BCUT2D eigenvalue weighted by atomic mass is 14.8. The zero-order valence-corrected chi connectivity index (χ0v) is 6.91. The molecule has 0 amide bonds. The molecule has 2 aromatic rings. The topological polar surface area (TPSA) is 24.9 Å². The van der Waals surface area contributed by atoms with Gasteiger partial charge in [-0.25, -0.2) is 0 Å². The smallest absolute Gasteiger partial charge is 0.0432 e. The van der Waals surface area contributed by atoms with Crippen molar-refractivity contribution in [2.24, 2.45) is 0 Å². The van der Waals surface area contributed by atoms with Gasteiger partial charge in [-0.15, -0.1) is 0 Å². The van der Waals surface area contributed by atoms with Crippen LogP contribution in [0.25, 0.3) is 10.8 Å². The fraction of sp³-hybridized carbons (Fsp3) is 0.100. The number of hydrogen-bond acceptors (Lipinski definition) is 2. The van der Waals surface area contributed by atoms with E-state index in [1.54, 1.807) is 0 Å². The summed E-state index contributed by atoms with van der Waals surface area (Å²) < 4.78 is 0. The molecule has 0 fully saturated rings. The van der Waals surface area contributed by atoms with Crippen LogP contribution in [-0.2, 0) is 0 Å². The second kappa shape index (κ2) is 2.81. The van der Waals surface area contributed by atoms with E-state index in [2.05, 4.69) is 16.4 Å². The molecular weight excluding hydrogens is 148 g/mol. The molecule has 0 saturated heterocycles. The molecule has 0 spiro atoms. The molecule has 2 rings (SSSR count). The maximum absolute atomic E-state index is 4.08. The molecule has 1 heterocycles. The summed E-state index contributed by atoms with van der Waals surface area (Å²) in [4.78, 5) is 4.08. The molecular formula is C10H10N2. The summed E-state index contributed by atoms with van der Waals surface area (Å²) in [6, 6.07) is 8.17. The van der Waals surface area contributed by atoms with Crippen molar-refractivity contribution < 1.29 is 0 Å². The lowest BCUT2D eigenvalue weighted by atomic mass is 10.1. The SMILES string of the molecule is CNc1cccc2ccncc12. The molecule has 0 aliphatic carbocycles. The second-order valence-electron chi connectivity index (χ2n) is 2.65. The van der Waals surface area contributed by atoms with Gasteiger partial charge in [0.15, 0.2) is 0 Å². The first-order valence-corrected chi connectivity index (χ1v) is 3.92. The van der Waals surface area contributed by atoms with Gasteiger partial charge in [-0.2, -0.15) is 0 Å². The largest absolute Gasteiger partial charge is 0.388 e. The minimum absolute atomic E-state index is 1.13. The first-order valence-electron chi connectivity index (χ1n) is 3.92. The predicted molar refractivity (Wildman–Crippen MR) is 51.3 cm³/mol. The van der Waals surface area contributed by atoms with Crippen LogP contribution in [0.2, 0.25) is 0 Å².